The van der Waals surface area contributed by atoms with Gasteiger partial charge >= 0.3 is 0 Å². The molecule has 2 aliphatic rings. The average Bonchev–Trinajstić information content (AvgIpc) is 3.19. The van der Waals surface area contributed by atoms with Gasteiger partial charge in [-0.1, -0.05) is 29.3 Å². The minimum atomic E-state index is -0.497. The van der Waals surface area contributed by atoms with E-state index in [0.717, 1.165) is 43.0 Å². The number of likely N-dealkylation sites (tertiary alicyclic amines) is 1. The molecule has 6 nitrogen and oxygen atoms in total. The molecule has 0 spiro atoms. The van der Waals surface area contributed by atoms with Gasteiger partial charge in [-0.2, -0.15) is 0 Å². The summed E-state index contributed by atoms with van der Waals surface area (Å²) in [5, 5.41) is 12.1. The highest BCUT2D eigenvalue weighted by Gasteiger charge is 2.31. The molecular formula is C24H28ClN3O3. The van der Waals surface area contributed by atoms with Gasteiger partial charge in [-0.25, -0.2) is 0 Å². The van der Waals surface area contributed by atoms with E-state index in [-0.39, 0.29) is 11.9 Å². The number of hydrogen-bond acceptors (Lipinski definition) is 4. The molecule has 164 valence electrons. The minimum Gasteiger partial charge on any atom is -0.493 e. The van der Waals surface area contributed by atoms with E-state index in [4.69, 9.17) is 26.5 Å². The Hall–Kier alpha value is -2.73. The number of ether oxygens (including phenoxy) is 2. The molecule has 1 atom stereocenters. The fourth-order valence-electron chi connectivity index (χ4n) is 4.01. The predicted octanol–water partition coefficient (Wildman–Crippen LogP) is 3.98. The predicted molar refractivity (Wildman–Crippen MR) is 121 cm³/mol. The number of nitrogens with zero attached hydrogens (tertiary/aromatic N) is 1. The fraction of sp³-hybridized carbons (Fsp3) is 0.417. The Morgan fingerprint density at radius 3 is 2.71 bits per heavy atom. The number of halogens is 1. The first-order valence-corrected chi connectivity index (χ1v) is 11.1. The Bertz CT molecular complexity index is 940. The highest BCUT2D eigenvalue weighted by atomic mass is 35.5. The number of benzene rings is 2. The van der Waals surface area contributed by atoms with Gasteiger partial charge in [0, 0.05) is 37.0 Å². The van der Waals surface area contributed by atoms with Crippen LogP contribution < -0.4 is 14.8 Å². The molecule has 2 aromatic rings. The first-order valence-electron chi connectivity index (χ1n) is 10.8. The third-order valence-corrected chi connectivity index (χ3v) is 6.08. The first kappa shape index (κ1) is 21.5. The zero-order chi connectivity index (χ0) is 21.8. The highest BCUT2D eigenvalue weighted by molar-refractivity contribution is 6.30. The van der Waals surface area contributed by atoms with Crippen LogP contribution in [0.25, 0.3) is 0 Å². The second-order valence-electron chi connectivity index (χ2n) is 8.19. The number of amides is 1. The van der Waals surface area contributed by atoms with Crippen molar-refractivity contribution in [2.45, 2.75) is 44.8 Å². The SMILES string of the molecule is Cc1ccc(OCCC(=N)N2CCC(NC(=O)C3Cc4cc(Cl)ccc4O3)CC2)cc1. The van der Waals surface area contributed by atoms with Crippen LogP contribution in [0.4, 0.5) is 0 Å². The maximum atomic E-state index is 12.6. The number of fused-ring (bicyclic) bond motifs is 1. The van der Waals surface area contributed by atoms with E-state index >= 15 is 0 Å². The van der Waals surface area contributed by atoms with Crippen molar-refractivity contribution < 1.29 is 14.3 Å². The summed E-state index contributed by atoms with van der Waals surface area (Å²) in [5.41, 5.74) is 2.17. The number of nitrogens with one attached hydrogen (secondary N) is 2. The Kier molecular flexibility index (Phi) is 6.66. The maximum Gasteiger partial charge on any atom is 0.261 e. The van der Waals surface area contributed by atoms with Crippen LogP contribution in [0.3, 0.4) is 0 Å². The van der Waals surface area contributed by atoms with Gasteiger partial charge in [0.25, 0.3) is 5.91 Å². The van der Waals surface area contributed by atoms with Crippen molar-refractivity contribution in [3.05, 3.63) is 58.6 Å². The summed E-state index contributed by atoms with van der Waals surface area (Å²) in [6.45, 7) is 4.05. The lowest BCUT2D eigenvalue weighted by atomic mass is 10.0. The van der Waals surface area contributed by atoms with Crippen molar-refractivity contribution >= 4 is 23.3 Å². The zero-order valence-electron chi connectivity index (χ0n) is 17.7. The van der Waals surface area contributed by atoms with Crippen molar-refractivity contribution in [2.75, 3.05) is 19.7 Å². The molecule has 0 radical (unpaired) electrons. The van der Waals surface area contributed by atoms with E-state index in [9.17, 15) is 4.79 Å². The summed E-state index contributed by atoms with van der Waals surface area (Å²) in [5.74, 6) is 2.08. The van der Waals surface area contributed by atoms with Crippen molar-refractivity contribution in [3.63, 3.8) is 0 Å². The van der Waals surface area contributed by atoms with Gasteiger partial charge in [0.15, 0.2) is 6.10 Å². The number of hydrogen-bond donors (Lipinski definition) is 2. The van der Waals surface area contributed by atoms with Gasteiger partial charge in [-0.05, 0) is 55.7 Å². The number of aryl methyl sites for hydroxylation is 1. The molecule has 4 rings (SSSR count). The molecule has 1 fully saturated rings. The maximum absolute atomic E-state index is 12.6. The molecule has 2 aliphatic heterocycles. The van der Waals surface area contributed by atoms with E-state index in [1.54, 1.807) is 6.07 Å². The average molecular weight is 442 g/mol. The van der Waals surface area contributed by atoms with Gasteiger partial charge in [0.2, 0.25) is 0 Å². The van der Waals surface area contributed by atoms with E-state index in [1.807, 2.05) is 43.3 Å². The molecule has 7 heteroatoms. The van der Waals surface area contributed by atoms with E-state index in [1.165, 1.54) is 5.56 Å². The van der Waals surface area contributed by atoms with Crippen molar-refractivity contribution in [1.29, 1.82) is 5.41 Å². The highest BCUT2D eigenvalue weighted by Crippen LogP contribution is 2.31. The number of carbonyl (C=O) groups is 1. The molecule has 2 aromatic carbocycles. The van der Waals surface area contributed by atoms with E-state index < -0.39 is 6.10 Å². The van der Waals surface area contributed by atoms with Gasteiger partial charge in [-0.15, -0.1) is 0 Å². The number of piperidine rings is 1. The minimum absolute atomic E-state index is 0.0765. The molecule has 0 aromatic heterocycles. The van der Waals surface area contributed by atoms with Crippen LogP contribution in [0.15, 0.2) is 42.5 Å². The molecule has 2 heterocycles. The lowest BCUT2D eigenvalue weighted by Gasteiger charge is -2.34. The number of carbonyl (C=O) groups excluding carboxylic acids is 1. The van der Waals surface area contributed by atoms with Crippen molar-refractivity contribution in [2.24, 2.45) is 0 Å². The summed E-state index contributed by atoms with van der Waals surface area (Å²) in [4.78, 5) is 14.7. The molecule has 31 heavy (non-hydrogen) atoms. The van der Waals surface area contributed by atoms with Crippen LogP contribution in [-0.2, 0) is 11.2 Å². The van der Waals surface area contributed by atoms with Crippen LogP contribution in [0, 0.1) is 12.3 Å². The molecule has 0 saturated carbocycles. The molecule has 0 bridgehead atoms. The summed E-state index contributed by atoms with van der Waals surface area (Å²) >= 11 is 6.03. The Morgan fingerprint density at radius 1 is 1.23 bits per heavy atom. The van der Waals surface area contributed by atoms with E-state index in [0.29, 0.717) is 30.3 Å². The van der Waals surface area contributed by atoms with Crippen LogP contribution in [0.5, 0.6) is 11.5 Å². The van der Waals surface area contributed by atoms with E-state index in [2.05, 4.69) is 10.2 Å². The van der Waals surface area contributed by atoms with Crippen LogP contribution in [0.2, 0.25) is 5.02 Å². The second kappa shape index (κ2) is 9.60. The topological polar surface area (TPSA) is 74.7 Å². The summed E-state index contributed by atoms with van der Waals surface area (Å²) < 4.78 is 11.5. The summed E-state index contributed by atoms with van der Waals surface area (Å²) in [7, 11) is 0. The standard InChI is InChI=1S/C24H28ClN3O3/c1-16-2-5-20(6-3-16)30-13-10-23(26)28-11-8-19(9-12-28)27-24(29)22-15-17-14-18(25)4-7-21(17)31-22/h2-7,14,19,22,26H,8-13,15H2,1H3,(H,27,29). The molecule has 1 amide bonds. The third kappa shape index (κ3) is 5.50. The van der Waals surface area contributed by atoms with Crippen LogP contribution in [-0.4, -0.2) is 48.5 Å². The monoisotopic (exact) mass is 441 g/mol. The third-order valence-electron chi connectivity index (χ3n) is 5.84. The Morgan fingerprint density at radius 2 is 1.97 bits per heavy atom. The molecule has 2 N–H and O–H groups in total. The molecule has 1 unspecified atom stereocenters. The molecular weight excluding hydrogens is 414 g/mol. The number of amidine groups is 1. The normalized spacial score (nSPS) is 18.3. The van der Waals surface area contributed by atoms with Gasteiger partial charge < -0.3 is 19.7 Å². The van der Waals surface area contributed by atoms with Gasteiger partial charge in [0.1, 0.15) is 11.5 Å². The molecule has 1 saturated heterocycles. The summed E-state index contributed by atoms with van der Waals surface area (Å²) in [6, 6.07) is 13.5. The Labute approximate surface area is 188 Å². The second-order valence-corrected chi connectivity index (χ2v) is 8.63. The fourth-order valence-corrected chi connectivity index (χ4v) is 4.20. The van der Waals surface area contributed by atoms with Crippen LogP contribution >= 0.6 is 11.6 Å². The van der Waals surface area contributed by atoms with Crippen molar-refractivity contribution in [3.8, 4) is 11.5 Å². The summed E-state index contributed by atoms with van der Waals surface area (Å²) in [6.07, 6.45) is 2.26. The quantitative estimate of drug-likeness (QED) is 0.525. The molecule has 0 aliphatic carbocycles. The zero-order valence-corrected chi connectivity index (χ0v) is 18.5. The lowest BCUT2D eigenvalue weighted by Crippen LogP contribution is -2.49. The number of rotatable bonds is 6. The lowest BCUT2D eigenvalue weighted by molar-refractivity contribution is -0.128. The largest absolute Gasteiger partial charge is 0.493 e. The van der Waals surface area contributed by atoms with Gasteiger partial charge in [-0.3, -0.25) is 10.2 Å². The van der Waals surface area contributed by atoms with Gasteiger partial charge in [0.05, 0.1) is 12.4 Å². The Balaban J connectivity index is 1.17. The first-order chi connectivity index (χ1) is 15.0. The smallest absolute Gasteiger partial charge is 0.261 e. The van der Waals surface area contributed by atoms with Crippen molar-refractivity contribution in [1.82, 2.24) is 10.2 Å². The van der Waals surface area contributed by atoms with Crippen LogP contribution in [0.1, 0.15) is 30.4 Å².